The topological polar surface area (TPSA) is 98.3 Å². The summed E-state index contributed by atoms with van der Waals surface area (Å²) in [5.74, 6) is -0.783. The predicted octanol–water partition coefficient (Wildman–Crippen LogP) is 3.60. The highest BCUT2D eigenvalue weighted by atomic mass is 35.5. The Labute approximate surface area is 245 Å². The van der Waals surface area contributed by atoms with Gasteiger partial charge in [-0.05, 0) is 75.7 Å². The average Bonchev–Trinajstić information content (AvgIpc) is 3.74. The number of hydrogen-bond donors (Lipinski definition) is 0. The van der Waals surface area contributed by atoms with Gasteiger partial charge in [-0.15, -0.1) is 11.3 Å². The second-order valence-corrected chi connectivity index (χ2v) is 14.7. The van der Waals surface area contributed by atoms with E-state index in [0.717, 1.165) is 53.5 Å². The molecule has 1 aromatic carbocycles. The number of hydrogen-bond acceptors (Lipinski definition) is 7. The highest BCUT2D eigenvalue weighted by molar-refractivity contribution is 7.91. The maximum absolute atomic E-state index is 13.9. The maximum Gasteiger partial charge on any atom is 0.253 e. The lowest BCUT2D eigenvalue weighted by atomic mass is 10.2. The van der Waals surface area contributed by atoms with Crippen molar-refractivity contribution in [3.8, 4) is 0 Å². The molecule has 2 aromatic rings. The van der Waals surface area contributed by atoms with E-state index in [-0.39, 0.29) is 47.9 Å². The van der Waals surface area contributed by atoms with Gasteiger partial charge in [0.25, 0.3) is 10.0 Å². The Morgan fingerprint density at radius 3 is 2.58 bits per heavy atom. The normalized spacial score (nSPS) is 23.1. The summed E-state index contributed by atoms with van der Waals surface area (Å²) in [7, 11) is -4.16. The Morgan fingerprint density at radius 2 is 1.85 bits per heavy atom. The summed E-state index contributed by atoms with van der Waals surface area (Å²) in [6.45, 7) is 6.95. The van der Waals surface area contributed by atoms with Crippen LogP contribution in [0.25, 0.3) is 10.1 Å². The van der Waals surface area contributed by atoms with Crippen molar-refractivity contribution >= 4 is 60.6 Å². The molecule has 0 saturated carbocycles. The smallest absolute Gasteiger partial charge is 0.253 e. The van der Waals surface area contributed by atoms with Crippen LogP contribution in [0.1, 0.15) is 52.4 Å². The summed E-state index contributed by atoms with van der Waals surface area (Å²) < 4.78 is 29.6. The summed E-state index contributed by atoms with van der Waals surface area (Å²) in [4.78, 5) is 45.8. The number of amides is 2. The zero-order valence-electron chi connectivity index (χ0n) is 23.1. The third-order valence-corrected chi connectivity index (χ3v) is 12.1. The first-order valence-electron chi connectivity index (χ1n) is 14.2. The quantitative estimate of drug-likeness (QED) is 0.409. The van der Waals surface area contributed by atoms with Crippen LogP contribution in [0.3, 0.4) is 0 Å². The molecule has 0 bridgehead atoms. The van der Waals surface area contributed by atoms with Crippen molar-refractivity contribution in [1.29, 1.82) is 0 Å². The fraction of sp³-hybridized carbons (Fsp3) is 0.607. The van der Waals surface area contributed by atoms with Gasteiger partial charge in [0.05, 0.1) is 6.54 Å². The summed E-state index contributed by atoms with van der Waals surface area (Å²) in [6.07, 6.45) is 4.66. The minimum atomic E-state index is -4.16. The summed E-state index contributed by atoms with van der Waals surface area (Å²) in [5.41, 5.74) is 0. The molecule has 3 atom stereocenters. The molecule has 40 heavy (non-hydrogen) atoms. The van der Waals surface area contributed by atoms with Crippen molar-refractivity contribution in [1.82, 2.24) is 19.0 Å². The number of sulfonamides is 1. The Hall–Kier alpha value is -2.05. The number of benzene rings is 1. The number of Topliss-reactive ketones (excluding diaryl/α,β-unsaturated/α-hetero) is 1. The molecule has 0 aliphatic carbocycles. The van der Waals surface area contributed by atoms with Gasteiger partial charge in [-0.1, -0.05) is 24.6 Å². The fourth-order valence-electron chi connectivity index (χ4n) is 6.16. The van der Waals surface area contributed by atoms with E-state index in [4.69, 9.17) is 11.6 Å². The van der Waals surface area contributed by atoms with Crippen LogP contribution >= 0.6 is 22.9 Å². The molecule has 1 aromatic heterocycles. The molecule has 3 saturated heterocycles. The van der Waals surface area contributed by atoms with Crippen LogP contribution in [0.2, 0.25) is 5.02 Å². The molecule has 3 aliphatic rings. The zero-order valence-corrected chi connectivity index (χ0v) is 25.4. The lowest BCUT2D eigenvalue weighted by Crippen LogP contribution is -2.53. The zero-order chi connectivity index (χ0) is 28.6. The van der Waals surface area contributed by atoms with Gasteiger partial charge < -0.3 is 14.7 Å². The number of ketones is 1. The highest BCUT2D eigenvalue weighted by Crippen LogP contribution is 2.35. The second-order valence-electron chi connectivity index (χ2n) is 11.0. The van der Waals surface area contributed by atoms with E-state index in [1.54, 1.807) is 38.1 Å². The molecule has 3 fully saturated rings. The van der Waals surface area contributed by atoms with Crippen LogP contribution in [0, 0.1) is 0 Å². The van der Waals surface area contributed by atoms with E-state index in [9.17, 15) is 22.8 Å². The molecular formula is C28H37ClN4O5S2. The molecule has 0 radical (unpaired) electrons. The van der Waals surface area contributed by atoms with Gasteiger partial charge in [0.15, 0.2) is 0 Å². The maximum atomic E-state index is 13.9. The third kappa shape index (κ3) is 5.81. The van der Waals surface area contributed by atoms with E-state index < -0.39 is 28.0 Å². The van der Waals surface area contributed by atoms with Gasteiger partial charge in [-0.25, -0.2) is 8.42 Å². The van der Waals surface area contributed by atoms with Crippen LogP contribution < -0.4 is 0 Å². The number of carbonyl (C=O) groups excluding carboxylic acids is 3. The number of likely N-dealkylation sites (tertiary alicyclic amines) is 3. The van der Waals surface area contributed by atoms with Gasteiger partial charge in [0.2, 0.25) is 11.8 Å². The lowest BCUT2D eigenvalue weighted by molar-refractivity contribution is -0.144. The Kier molecular flexibility index (Phi) is 8.87. The van der Waals surface area contributed by atoms with Gasteiger partial charge in [0, 0.05) is 41.8 Å². The molecule has 4 heterocycles. The predicted molar refractivity (Wildman–Crippen MR) is 156 cm³/mol. The van der Waals surface area contributed by atoms with Gasteiger partial charge in [-0.2, -0.15) is 4.31 Å². The van der Waals surface area contributed by atoms with Crippen LogP contribution in [-0.2, 0) is 24.4 Å². The summed E-state index contributed by atoms with van der Waals surface area (Å²) in [5, 5.41) is 1.22. The molecule has 9 nitrogen and oxygen atoms in total. The molecule has 5 rings (SSSR count). The van der Waals surface area contributed by atoms with E-state index in [1.807, 2.05) is 4.90 Å². The highest BCUT2D eigenvalue weighted by Gasteiger charge is 2.46. The standard InChI is InChI=1S/C28H37ClN4O5S2/c1-3-23(34)18-33(40(37,38)26-15-20-8-9-21(29)16-25(20)39-26)24-10-14-31(28(24)36)19(2)27(35)32-13-6-7-22(32)17-30-11-4-5-12-30/h8-9,15-16,19,22,24H,3-7,10-14,17-18H2,1-2H3. The Morgan fingerprint density at radius 1 is 1.10 bits per heavy atom. The Balaban J connectivity index is 1.35. The first-order valence-corrected chi connectivity index (χ1v) is 16.8. The number of nitrogens with zero attached hydrogens (tertiary/aromatic N) is 4. The molecule has 2 amide bonds. The molecule has 218 valence electrons. The van der Waals surface area contributed by atoms with Crippen LogP contribution in [0.4, 0.5) is 0 Å². The number of fused-ring (bicyclic) bond motifs is 1. The Bertz CT molecular complexity index is 1390. The van der Waals surface area contributed by atoms with Crippen molar-refractivity contribution < 1.29 is 22.8 Å². The van der Waals surface area contributed by atoms with Crippen LogP contribution in [0.15, 0.2) is 28.5 Å². The minimum absolute atomic E-state index is 0.0610. The number of thiophene rings is 1. The van der Waals surface area contributed by atoms with Crippen LogP contribution in [0.5, 0.6) is 0 Å². The molecule has 0 spiro atoms. The minimum Gasteiger partial charge on any atom is -0.337 e. The van der Waals surface area contributed by atoms with Crippen molar-refractivity contribution in [3.05, 3.63) is 29.3 Å². The second kappa shape index (κ2) is 12.1. The van der Waals surface area contributed by atoms with E-state index >= 15 is 0 Å². The molecule has 3 aliphatic heterocycles. The van der Waals surface area contributed by atoms with Crippen molar-refractivity contribution in [2.45, 2.75) is 74.7 Å². The van der Waals surface area contributed by atoms with Gasteiger partial charge in [-0.3, -0.25) is 14.4 Å². The molecule has 0 N–H and O–H groups in total. The molecular weight excluding hydrogens is 572 g/mol. The fourth-order valence-corrected chi connectivity index (χ4v) is 9.56. The largest absolute Gasteiger partial charge is 0.337 e. The van der Waals surface area contributed by atoms with E-state index in [0.29, 0.717) is 16.3 Å². The number of carbonyl (C=O) groups is 3. The first-order chi connectivity index (χ1) is 19.1. The summed E-state index contributed by atoms with van der Waals surface area (Å²) >= 11 is 7.17. The molecule has 3 unspecified atom stereocenters. The SMILES string of the molecule is CCC(=O)CN(C1CCN(C(C)C(=O)N2CCCC2CN2CCCC2)C1=O)S(=O)(=O)c1cc2ccc(Cl)cc2s1. The summed E-state index contributed by atoms with van der Waals surface area (Å²) in [6, 6.07) is 5.11. The van der Waals surface area contributed by atoms with Crippen LogP contribution in [-0.4, -0.2) is 102 Å². The van der Waals surface area contributed by atoms with Gasteiger partial charge in [0.1, 0.15) is 22.1 Å². The average molecular weight is 609 g/mol. The van der Waals surface area contributed by atoms with E-state index in [2.05, 4.69) is 4.90 Å². The molecule has 12 heteroatoms. The monoisotopic (exact) mass is 608 g/mol. The van der Waals surface area contributed by atoms with Gasteiger partial charge >= 0.3 is 0 Å². The number of rotatable bonds is 10. The number of halogens is 1. The van der Waals surface area contributed by atoms with Crippen molar-refractivity contribution in [2.24, 2.45) is 0 Å². The first kappa shape index (κ1) is 29.4. The van der Waals surface area contributed by atoms with Crippen molar-refractivity contribution in [3.63, 3.8) is 0 Å². The third-order valence-electron chi connectivity index (χ3n) is 8.46. The van der Waals surface area contributed by atoms with E-state index in [1.165, 1.54) is 17.7 Å². The lowest BCUT2D eigenvalue weighted by Gasteiger charge is -2.33. The van der Waals surface area contributed by atoms with Crippen molar-refractivity contribution in [2.75, 3.05) is 39.3 Å².